The van der Waals surface area contributed by atoms with E-state index in [1.165, 1.54) is 24.4 Å². The monoisotopic (exact) mass is 259 g/mol. The van der Waals surface area contributed by atoms with Crippen LogP contribution in [0.15, 0.2) is 47.5 Å². The fourth-order valence-corrected chi connectivity index (χ4v) is 1.54. The Labute approximate surface area is 108 Å². The maximum Gasteiger partial charge on any atom is 0.278 e. The first-order valence-electron chi connectivity index (χ1n) is 5.40. The number of benzene rings is 2. The van der Waals surface area contributed by atoms with Crippen molar-refractivity contribution in [3.8, 4) is 0 Å². The van der Waals surface area contributed by atoms with Crippen molar-refractivity contribution < 1.29 is 9.31 Å². The van der Waals surface area contributed by atoms with Gasteiger partial charge in [0, 0.05) is 12.3 Å². The fourth-order valence-electron chi connectivity index (χ4n) is 1.54. The van der Waals surface area contributed by atoms with Crippen LogP contribution < -0.4 is 5.73 Å². The van der Waals surface area contributed by atoms with E-state index in [0.717, 1.165) is 6.07 Å². The molecule has 0 aromatic heterocycles. The van der Waals surface area contributed by atoms with Crippen molar-refractivity contribution in [2.75, 3.05) is 5.73 Å². The molecule has 5 nitrogen and oxygen atoms in total. The van der Waals surface area contributed by atoms with Crippen molar-refractivity contribution in [3.05, 3.63) is 64.0 Å². The molecule has 0 saturated carbocycles. The number of nitro groups is 1. The van der Waals surface area contributed by atoms with Crippen LogP contribution in [0, 0.1) is 15.9 Å². The Morgan fingerprint density at radius 3 is 2.68 bits per heavy atom. The maximum absolute atomic E-state index is 12.9. The van der Waals surface area contributed by atoms with Crippen LogP contribution in [0.5, 0.6) is 0 Å². The molecule has 2 aromatic carbocycles. The van der Waals surface area contributed by atoms with Crippen LogP contribution in [0.1, 0.15) is 5.56 Å². The Kier molecular flexibility index (Phi) is 3.51. The van der Waals surface area contributed by atoms with Gasteiger partial charge in [-0.25, -0.2) is 4.39 Å². The summed E-state index contributed by atoms with van der Waals surface area (Å²) >= 11 is 0. The van der Waals surface area contributed by atoms with E-state index in [4.69, 9.17) is 5.73 Å². The van der Waals surface area contributed by atoms with Crippen molar-refractivity contribution in [3.63, 3.8) is 0 Å². The van der Waals surface area contributed by atoms with E-state index in [0.29, 0.717) is 11.3 Å². The van der Waals surface area contributed by atoms with E-state index in [1.54, 1.807) is 18.2 Å². The summed E-state index contributed by atoms with van der Waals surface area (Å²) in [7, 11) is 0. The van der Waals surface area contributed by atoms with Crippen molar-refractivity contribution in [2.45, 2.75) is 0 Å². The minimum Gasteiger partial charge on any atom is -0.397 e. The number of para-hydroxylation sites is 1. The third-order valence-electron chi connectivity index (χ3n) is 2.47. The van der Waals surface area contributed by atoms with E-state index < -0.39 is 10.7 Å². The molecule has 0 bridgehead atoms. The Hall–Kier alpha value is -2.76. The number of halogens is 1. The topological polar surface area (TPSA) is 81.5 Å². The highest BCUT2D eigenvalue weighted by atomic mass is 19.1. The van der Waals surface area contributed by atoms with Gasteiger partial charge in [-0.05, 0) is 24.3 Å². The number of hydrogen-bond donors (Lipinski definition) is 1. The van der Waals surface area contributed by atoms with Gasteiger partial charge in [-0.1, -0.05) is 12.1 Å². The average Bonchev–Trinajstić information content (AvgIpc) is 2.38. The zero-order valence-electron chi connectivity index (χ0n) is 9.79. The van der Waals surface area contributed by atoms with Gasteiger partial charge < -0.3 is 5.73 Å². The smallest absolute Gasteiger partial charge is 0.278 e. The molecule has 0 aliphatic heterocycles. The van der Waals surface area contributed by atoms with Crippen molar-refractivity contribution in [1.82, 2.24) is 0 Å². The number of hydrogen-bond acceptors (Lipinski definition) is 4. The Bertz CT molecular complexity index is 656. The molecule has 96 valence electrons. The lowest BCUT2D eigenvalue weighted by molar-refractivity contribution is -0.385. The van der Waals surface area contributed by atoms with Gasteiger partial charge in [-0.15, -0.1) is 0 Å². The van der Waals surface area contributed by atoms with Crippen LogP contribution in [-0.2, 0) is 0 Å². The average molecular weight is 259 g/mol. The number of nitrogens with two attached hydrogens (primary N) is 1. The highest BCUT2D eigenvalue weighted by Gasteiger charge is 2.10. The van der Waals surface area contributed by atoms with Gasteiger partial charge in [-0.3, -0.25) is 15.1 Å². The van der Waals surface area contributed by atoms with Crippen molar-refractivity contribution >= 4 is 23.3 Å². The van der Waals surface area contributed by atoms with Crippen LogP contribution in [0.4, 0.5) is 21.5 Å². The largest absolute Gasteiger partial charge is 0.397 e. The van der Waals surface area contributed by atoms with Gasteiger partial charge in [0.15, 0.2) is 0 Å². The second-order valence-corrected chi connectivity index (χ2v) is 3.78. The highest BCUT2D eigenvalue weighted by Crippen LogP contribution is 2.23. The molecule has 0 spiro atoms. The predicted octanol–water partition coefficient (Wildman–Crippen LogP) is 3.07. The molecule has 0 unspecified atom stereocenters. The van der Waals surface area contributed by atoms with Crippen molar-refractivity contribution in [1.29, 1.82) is 0 Å². The molecule has 0 saturated heterocycles. The minimum absolute atomic E-state index is 0.0491. The van der Waals surface area contributed by atoms with Crippen LogP contribution in [-0.4, -0.2) is 11.1 Å². The lowest BCUT2D eigenvalue weighted by Gasteiger charge is -2.00. The summed E-state index contributed by atoms with van der Waals surface area (Å²) in [5.74, 6) is -0.456. The maximum atomic E-state index is 12.9. The third kappa shape index (κ3) is 2.92. The highest BCUT2D eigenvalue weighted by molar-refractivity contribution is 5.88. The van der Waals surface area contributed by atoms with E-state index >= 15 is 0 Å². The molecule has 0 atom stereocenters. The Morgan fingerprint density at radius 1 is 1.26 bits per heavy atom. The van der Waals surface area contributed by atoms with E-state index in [-0.39, 0.29) is 11.4 Å². The first-order valence-corrected chi connectivity index (χ1v) is 5.40. The fraction of sp³-hybridized carbons (Fsp3) is 0. The molecule has 2 N–H and O–H groups in total. The summed E-state index contributed by atoms with van der Waals surface area (Å²) in [6.07, 6.45) is 1.34. The van der Waals surface area contributed by atoms with Crippen LogP contribution in [0.25, 0.3) is 0 Å². The van der Waals surface area contributed by atoms with Gasteiger partial charge in [0.25, 0.3) is 5.69 Å². The first-order chi connectivity index (χ1) is 9.08. The third-order valence-corrected chi connectivity index (χ3v) is 2.47. The number of nitrogens with zero attached hydrogens (tertiary/aromatic N) is 2. The lowest BCUT2D eigenvalue weighted by Crippen LogP contribution is -1.94. The van der Waals surface area contributed by atoms with E-state index in [2.05, 4.69) is 4.99 Å². The first kappa shape index (κ1) is 12.7. The summed E-state index contributed by atoms with van der Waals surface area (Å²) in [5, 5.41) is 10.8. The van der Waals surface area contributed by atoms with E-state index in [1.807, 2.05) is 0 Å². The number of rotatable bonds is 3. The quantitative estimate of drug-likeness (QED) is 0.398. The summed E-state index contributed by atoms with van der Waals surface area (Å²) < 4.78 is 12.9. The summed E-state index contributed by atoms with van der Waals surface area (Å²) in [6, 6.07) is 9.98. The molecule has 0 aliphatic rings. The standard InChI is InChI=1S/C13H10FN3O2/c14-10-5-6-12(11(15)7-10)16-8-9-3-1-2-4-13(9)17(18)19/h1-8H,15H2. The minimum atomic E-state index is -0.491. The van der Waals surface area contributed by atoms with Gasteiger partial charge in [0.05, 0.1) is 21.9 Å². The molecule has 6 heteroatoms. The summed E-state index contributed by atoms with van der Waals surface area (Å²) in [6.45, 7) is 0. The zero-order valence-corrected chi connectivity index (χ0v) is 9.79. The van der Waals surface area contributed by atoms with E-state index in [9.17, 15) is 14.5 Å². The van der Waals surface area contributed by atoms with Gasteiger partial charge in [-0.2, -0.15) is 0 Å². The predicted molar refractivity (Wildman–Crippen MR) is 71.2 cm³/mol. The van der Waals surface area contributed by atoms with Crippen LogP contribution in [0.2, 0.25) is 0 Å². The lowest BCUT2D eigenvalue weighted by atomic mass is 10.2. The number of nitro benzene ring substituents is 1. The molecule has 0 heterocycles. The molecule has 2 rings (SSSR count). The normalized spacial score (nSPS) is 10.8. The summed E-state index contributed by atoms with van der Waals surface area (Å²) in [5.41, 5.74) is 6.44. The molecule has 19 heavy (non-hydrogen) atoms. The second-order valence-electron chi connectivity index (χ2n) is 3.78. The van der Waals surface area contributed by atoms with Crippen LogP contribution >= 0.6 is 0 Å². The molecular weight excluding hydrogens is 249 g/mol. The molecule has 0 fully saturated rings. The number of anilines is 1. The molecular formula is C13H10FN3O2. The van der Waals surface area contributed by atoms with Gasteiger partial charge in [0.2, 0.25) is 0 Å². The zero-order chi connectivity index (χ0) is 13.8. The number of nitrogen functional groups attached to an aromatic ring is 1. The molecule has 0 radical (unpaired) electrons. The Morgan fingerprint density at radius 2 is 2.00 bits per heavy atom. The summed E-state index contributed by atoms with van der Waals surface area (Å²) in [4.78, 5) is 14.4. The van der Waals surface area contributed by atoms with Gasteiger partial charge in [0.1, 0.15) is 5.82 Å². The SMILES string of the molecule is Nc1cc(F)ccc1N=Cc1ccccc1[N+](=O)[O-]. The van der Waals surface area contributed by atoms with Gasteiger partial charge >= 0.3 is 0 Å². The van der Waals surface area contributed by atoms with Crippen LogP contribution in [0.3, 0.4) is 0 Å². The number of aliphatic imine (C=N–C) groups is 1. The molecule has 0 aliphatic carbocycles. The Balaban J connectivity index is 2.35. The van der Waals surface area contributed by atoms with Crippen molar-refractivity contribution in [2.24, 2.45) is 4.99 Å². The second kappa shape index (κ2) is 5.26. The molecule has 0 amide bonds. The molecule has 2 aromatic rings.